The summed E-state index contributed by atoms with van der Waals surface area (Å²) < 4.78 is 0. The number of rotatable bonds is 4. The van der Waals surface area contributed by atoms with Gasteiger partial charge in [-0.1, -0.05) is 0 Å². The Kier molecular flexibility index (Phi) is 3.95. The van der Waals surface area contributed by atoms with E-state index in [1.807, 2.05) is 6.92 Å². The minimum Gasteiger partial charge on any atom is -0.328 e. The fourth-order valence-corrected chi connectivity index (χ4v) is 3.18. The molecule has 0 aliphatic carbocycles. The maximum atomic E-state index is 5.78. The first-order chi connectivity index (χ1) is 7.65. The Labute approximate surface area is 102 Å². The molecule has 1 aliphatic heterocycles. The van der Waals surface area contributed by atoms with Gasteiger partial charge in [-0.15, -0.1) is 11.3 Å². The first-order valence-corrected chi connectivity index (χ1v) is 6.92. The van der Waals surface area contributed by atoms with Crippen LogP contribution in [0.15, 0.2) is 5.38 Å². The maximum absolute atomic E-state index is 5.78. The van der Waals surface area contributed by atoms with Gasteiger partial charge in [-0.3, -0.25) is 0 Å². The smallest absolute Gasteiger partial charge is 0.0943 e. The van der Waals surface area contributed by atoms with Crippen LogP contribution in [-0.4, -0.2) is 35.6 Å². The summed E-state index contributed by atoms with van der Waals surface area (Å²) in [7, 11) is 2.22. The topological polar surface area (TPSA) is 42.1 Å². The van der Waals surface area contributed by atoms with Gasteiger partial charge in [0.1, 0.15) is 0 Å². The van der Waals surface area contributed by atoms with Crippen LogP contribution in [-0.2, 0) is 12.8 Å². The number of nitrogens with two attached hydrogens (primary N) is 1. The molecule has 3 nitrogen and oxygen atoms in total. The van der Waals surface area contributed by atoms with Crippen molar-refractivity contribution < 1.29 is 0 Å². The molecule has 0 aromatic carbocycles. The predicted octanol–water partition coefficient (Wildman–Crippen LogP) is 1.67. The third-order valence-corrected chi connectivity index (χ3v) is 4.13. The SMILES string of the molecule is CC(N)Cc1csc(CC2CCCN2C)n1. The Hall–Kier alpha value is -0.450. The Balaban J connectivity index is 1.92. The van der Waals surface area contributed by atoms with Crippen molar-refractivity contribution in [3.05, 3.63) is 16.1 Å². The lowest BCUT2D eigenvalue weighted by Crippen LogP contribution is -2.26. The van der Waals surface area contributed by atoms with Crippen molar-refractivity contribution >= 4 is 11.3 Å². The fraction of sp³-hybridized carbons (Fsp3) is 0.750. The summed E-state index contributed by atoms with van der Waals surface area (Å²) in [4.78, 5) is 7.11. The van der Waals surface area contributed by atoms with Crippen molar-refractivity contribution in [2.24, 2.45) is 5.73 Å². The zero-order valence-electron chi connectivity index (χ0n) is 10.1. The van der Waals surface area contributed by atoms with Gasteiger partial charge in [-0.05, 0) is 33.4 Å². The lowest BCUT2D eigenvalue weighted by atomic mass is 10.1. The zero-order valence-corrected chi connectivity index (χ0v) is 11.0. The highest BCUT2D eigenvalue weighted by Crippen LogP contribution is 2.21. The number of hydrogen-bond donors (Lipinski definition) is 1. The molecule has 16 heavy (non-hydrogen) atoms. The molecular formula is C12H21N3S. The van der Waals surface area contributed by atoms with E-state index in [9.17, 15) is 0 Å². The molecule has 2 heterocycles. The molecule has 1 aliphatic rings. The molecule has 2 unspecified atom stereocenters. The van der Waals surface area contributed by atoms with Crippen LogP contribution in [0.3, 0.4) is 0 Å². The lowest BCUT2D eigenvalue weighted by Gasteiger charge is -2.17. The molecule has 1 fully saturated rings. The Bertz CT molecular complexity index is 335. The van der Waals surface area contributed by atoms with Crippen LogP contribution < -0.4 is 5.73 Å². The summed E-state index contributed by atoms with van der Waals surface area (Å²) in [6.45, 7) is 3.27. The summed E-state index contributed by atoms with van der Waals surface area (Å²) in [6, 6.07) is 0.915. The summed E-state index contributed by atoms with van der Waals surface area (Å²) in [5.74, 6) is 0. The first-order valence-electron chi connectivity index (χ1n) is 6.04. The van der Waals surface area contributed by atoms with Crippen molar-refractivity contribution in [2.75, 3.05) is 13.6 Å². The molecule has 0 saturated carbocycles. The number of likely N-dealkylation sites (tertiary alicyclic amines) is 1. The number of aromatic nitrogens is 1. The molecular weight excluding hydrogens is 218 g/mol. The molecule has 1 aromatic heterocycles. The van der Waals surface area contributed by atoms with Crippen molar-refractivity contribution in [1.82, 2.24) is 9.88 Å². The van der Waals surface area contributed by atoms with Crippen molar-refractivity contribution in [3.8, 4) is 0 Å². The standard InChI is InChI=1S/C12H21N3S/c1-9(13)6-10-8-16-12(14-10)7-11-4-3-5-15(11)2/h8-9,11H,3-7,13H2,1-2H3. The largest absolute Gasteiger partial charge is 0.328 e. The summed E-state index contributed by atoms with van der Waals surface area (Å²) in [6.07, 6.45) is 4.66. The molecule has 2 N–H and O–H groups in total. The minimum atomic E-state index is 0.212. The molecule has 2 atom stereocenters. The van der Waals surface area contributed by atoms with Crippen LogP contribution in [0.2, 0.25) is 0 Å². The van der Waals surface area contributed by atoms with Gasteiger partial charge in [-0.25, -0.2) is 4.98 Å². The number of nitrogens with zero attached hydrogens (tertiary/aromatic N) is 2. The Morgan fingerprint density at radius 1 is 1.69 bits per heavy atom. The van der Waals surface area contributed by atoms with Crippen LogP contribution in [0.4, 0.5) is 0 Å². The van der Waals surface area contributed by atoms with Crippen molar-refractivity contribution in [2.45, 2.75) is 44.7 Å². The average molecular weight is 239 g/mol. The minimum absolute atomic E-state index is 0.212. The Morgan fingerprint density at radius 2 is 2.50 bits per heavy atom. The van der Waals surface area contributed by atoms with E-state index in [2.05, 4.69) is 22.3 Å². The monoisotopic (exact) mass is 239 g/mol. The van der Waals surface area contributed by atoms with Gasteiger partial charge < -0.3 is 10.6 Å². The molecule has 0 spiro atoms. The van der Waals surface area contributed by atoms with Crippen molar-refractivity contribution in [1.29, 1.82) is 0 Å². The second-order valence-electron chi connectivity index (χ2n) is 4.89. The molecule has 2 rings (SSSR count). The van der Waals surface area contributed by atoms with E-state index >= 15 is 0 Å². The molecule has 0 amide bonds. The Morgan fingerprint density at radius 3 is 3.12 bits per heavy atom. The van der Waals surface area contributed by atoms with Gasteiger partial charge in [0, 0.05) is 30.3 Å². The van der Waals surface area contributed by atoms with E-state index in [1.54, 1.807) is 11.3 Å². The van der Waals surface area contributed by atoms with E-state index in [-0.39, 0.29) is 6.04 Å². The second-order valence-corrected chi connectivity index (χ2v) is 5.84. The molecule has 4 heteroatoms. The maximum Gasteiger partial charge on any atom is 0.0943 e. The summed E-state index contributed by atoms with van der Waals surface area (Å²) in [5, 5.41) is 3.43. The van der Waals surface area contributed by atoms with E-state index in [0.29, 0.717) is 6.04 Å². The van der Waals surface area contributed by atoms with Gasteiger partial charge >= 0.3 is 0 Å². The second kappa shape index (κ2) is 5.25. The third kappa shape index (κ3) is 3.03. The van der Waals surface area contributed by atoms with Gasteiger partial charge in [0.2, 0.25) is 0 Å². The average Bonchev–Trinajstić information content (AvgIpc) is 2.77. The fourth-order valence-electron chi connectivity index (χ4n) is 2.31. The van der Waals surface area contributed by atoms with Crippen LogP contribution in [0.5, 0.6) is 0 Å². The van der Waals surface area contributed by atoms with Gasteiger partial charge in [0.15, 0.2) is 0 Å². The molecule has 0 radical (unpaired) electrons. The normalized spacial score (nSPS) is 23.8. The molecule has 90 valence electrons. The number of hydrogen-bond acceptors (Lipinski definition) is 4. The van der Waals surface area contributed by atoms with Gasteiger partial charge in [0.25, 0.3) is 0 Å². The molecule has 0 bridgehead atoms. The van der Waals surface area contributed by atoms with Crippen LogP contribution >= 0.6 is 11.3 Å². The van der Waals surface area contributed by atoms with Crippen LogP contribution in [0.1, 0.15) is 30.5 Å². The quantitative estimate of drug-likeness (QED) is 0.869. The van der Waals surface area contributed by atoms with Crippen LogP contribution in [0, 0.1) is 0 Å². The third-order valence-electron chi connectivity index (χ3n) is 3.21. The van der Waals surface area contributed by atoms with Crippen molar-refractivity contribution in [3.63, 3.8) is 0 Å². The summed E-state index contributed by atoms with van der Waals surface area (Å²) >= 11 is 1.79. The van der Waals surface area contributed by atoms with E-state index < -0.39 is 0 Å². The summed E-state index contributed by atoms with van der Waals surface area (Å²) in [5.41, 5.74) is 6.94. The number of thiazole rings is 1. The molecule has 1 saturated heterocycles. The highest BCUT2D eigenvalue weighted by Gasteiger charge is 2.22. The molecule has 1 aromatic rings. The predicted molar refractivity (Wildman–Crippen MR) is 68.8 cm³/mol. The van der Waals surface area contributed by atoms with Gasteiger partial charge in [0.05, 0.1) is 10.7 Å². The first kappa shape index (κ1) is 12.0. The number of likely N-dealkylation sites (N-methyl/N-ethyl adjacent to an activating group) is 1. The van der Waals surface area contributed by atoms with E-state index in [4.69, 9.17) is 5.73 Å². The van der Waals surface area contributed by atoms with Gasteiger partial charge in [-0.2, -0.15) is 0 Å². The lowest BCUT2D eigenvalue weighted by molar-refractivity contribution is 0.309. The zero-order chi connectivity index (χ0) is 11.5. The van der Waals surface area contributed by atoms with E-state index in [1.165, 1.54) is 24.4 Å². The highest BCUT2D eigenvalue weighted by atomic mass is 32.1. The van der Waals surface area contributed by atoms with Crippen LogP contribution in [0.25, 0.3) is 0 Å². The highest BCUT2D eigenvalue weighted by molar-refractivity contribution is 7.09. The van der Waals surface area contributed by atoms with E-state index in [0.717, 1.165) is 18.5 Å².